The van der Waals surface area contributed by atoms with Crippen LogP contribution in [0.4, 0.5) is 15.8 Å². The highest BCUT2D eigenvalue weighted by molar-refractivity contribution is 6.04. The van der Waals surface area contributed by atoms with Gasteiger partial charge >= 0.3 is 5.97 Å². The van der Waals surface area contributed by atoms with E-state index in [-0.39, 0.29) is 17.2 Å². The first-order valence-electron chi connectivity index (χ1n) is 7.06. The van der Waals surface area contributed by atoms with Gasteiger partial charge in [0.15, 0.2) is 0 Å². The molecule has 3 rings (SSSR count). The summed E-state index contributed by atoms with van der Waals surface area (Å²) in [6, 6.07) is 7.86. The highest BCUT2D eigenvalue weighted by Crippen LogP contribution is 2.29. The molecule has 1 aliphatic rings. The first kappa shape index (κ1) is 15.0. The maximum atomic E-state index is 14.0. The number of aryl methyl sites for hydroxylation is 1. The number of methoxy groups -OCH3 is 1. The second-order valence-electron chi connectivity index (χ2n) is 5.34. The van der Waals surface area contributed by atoms with Crippen molar-refractivity contribution in [2.75, 3.05) is 12.4 Å². The van der Waals surface area contributed by atoms with Gasteiger partial charge in [-0.3, -0.25) is 4.79 Å². The maximum absolute atomic E-state index is 14.0. The first-order valence-corrected chi connectivity index (χ1v) is 7.06. The number of hydrogen-bond donors (Lipinski definition) is 2. The molecule has 1 heterocycles. The summed E-state index contributed by atoms with van der Waals surface area (Å²) in [4.78, 5) is 23.8. The Morgan fingerprint density at radius 1 is 1.26 bits per heavy atom. The molecule has 23 heavy (non-hydrogen) atoms. The van der Waals surface area contributed by atoms with Crippen molar-refractivity contribution >= 4 is 23.3 Å². The minimum absolute atomic E-state index is 0.219. The van der Waals surface area contributed by atoms with Crippen LogP contribution in [0.3, 0.4) is 0 Å². The molecular formula is C17H15FN2O3. The molecule has 0 unspecified atom stereocenters. The highest BCUT2D eigenvalue weighted by atomic mass is 19.1. The fourth-order valence-electron chi connectivity index (χ4n) is 2.52. The van der Waals surface area contributed by atoms with Gasteiger partial charge in [-0.2, -0.15) is 0 Å². The number of ether oxygens (including phenoxy) is 1. The number of anilines is 2. The van der Waals surface area contributed by atoms with Crippen molar-refractivity contribution in [3.05, 3.63) is 58.4 Å². The van der Waals surface area contributed by atoms with Crippen LogP contribution in [0.5, 0.6) is 0 Å². The molecule has 118 valence electrons. The third-order valence-corrected chi connectivity index (χ3v) is 3.73. The lowest BCUT2D eigenvalue weighted by Crippen LogP contribution is -2.12. The lowest BCUT2D eigenvalue weighted by Gasteiger charge is -2.13. The fourth-order valence-corrected chi connectivity index (χ4v) is 2.52. The second kappa shape index (κ2) is 5.72. The third kappa shape index (κ3) is 2.75. The molecule has 0 spiro atoms. The third-order valence-electron chi connectivity index (χ3n) is 3.73. The smallest absolute Gasteiger partial charge is 0.339 e. The van der Waals surface area contributed by atoms with E-state index in [0.29, 0.717) is 23.4 Å². The quantitative estimate of drug-likeness (QED) is 0.855. The van der Waals surface area contributed by atoms with Gasteiger partial charge in [-0.25, -0.2) is 9.18 Å². The van der Waals surface area contributed by atoms with E-state index in [0.717, 1.165) is 5.56 Å². The SMILES string of the molecule is COC(=O)c1cc2c(cc1Nc1ccc(C)cc1F)C(=O)NC2. The summed E-state index contributed by atoms with van der Waals surface area (Å²) in [6.07, 6.45) is 0. The molecule has 0 saturated heterocycles. The van der Waals surface area contributed by atoms with Crippen LogP contribution >= 0.6 is 0 Å². The summed E-state index contributed by atoms with van der Waals surface area (Å²) >= 11 is 0. The minimum Gasteiger partial charge on any atom is -0.465 e. The number of carbonyl (C=O) groups is 2. The van der Waals surface area contributed by atoms with Crippen molar-refractivity contribution in [2.45, 2.75) is 13.5 Å². The monoisotopic (exact) mass is 314 g/mol. The number of esters is 1. The topological polar surface area (TPSA) is 67.4 Å². The van der Waals surface area contributed by atoms with Crippen LogP contribution in [0.1, 0.15) is 31.8 Å². The number of hydrogen-bond acceptors (Lipinski definition) is 4. The maximum Gasteiger partial charge on any atom is 0.339 e. The van der Waals surface area contributed by atoms with Crippen molar-refractivity contribution in [2.24, 2.45) is 0 Å². The Balaban J connectivity index is 2.07. The summed E-state index contributed by atoms with van der Waals surface area (Å²) in [5, 5.41) is 5.56. The van der Waals surface area contributed by atoms with Crippen LogP contribution in [-0.2, 0) is 11.3 Å². The molecule has 0 aromatic heterocycles. The standard InChI is InChI=1S/C17H15FN2O3/c1-9-3-4-14(13(18)5-9)20-15-7-11-10(8-19-16(11)21)6-12(15)17(22)23-2/h3-7,20H,8H2,1-2H3,(H,19,21). The van der Waals surface area contributed by atoms with Gasteiger partial charge in [-0.1, -0.05) is 6.07 Å². The predicted octanol–water partition coefficient (Wildman–Crippen LogP) is 2.91. The predicted molar refractivity (Wildman–Crippen MR) is 83.4 cm³/mol. The van der Waals surface area contributed by atoms with E-state index in [9.17, 15) is 14.0 Å². The van der Waals surface area contributed by atoms with Gasteiger partial charge in [0.25, 0.3) is 5.91 Å². The fraction of sp³-hybridized carbons (Fsp3) is 0.176. The molecule has 5 nitrogen and oxygen atoms in total. The van der Waals surface area contributed by atoms with E-state index in [1.54, 1.807) is 31.2 Å². The minimum atomic E-state index is -0.554. The van der Waals surface area contributed by atoms with Crippen molar-refractivity contribution in [3.8, 4) is 0 Å². The van der Waals surface area contributed by atoms with Crippen LogP contribution in [0.2, 0.25) is 0 Å². The normalized spacial score (nSPS) is 12.6. The Labute approximate surface area is 132 Å². The molecule has 0 bridgehead atoms. The van der Waals surface area contributed by atoms with Crippen LogP contribution in [-0.4, -0.2) is 19.0 Å². The van der Waals surface area contributed by atoms with Gasteiger partial charge in [-0.15, -0.1) is 0 Å². The summed E-state index contributed by atoms with van der Waals surface area (Å²) in [6.45, 7) is 2.14. The lowest BCUT2D eigenvalue weighted by atomic mass is 10.0. The number of nitrogens with one attached hydrogen (secondary N) is 2. The molecule has 0 saturated carbocycles. The number of fused-ring (bicyclic) bond motifs is 1. The van der Waals surface area contributed by atoms with Crippen molar-refractivity contribution < 1.29 is 18.7 Å². The van der Waals surface area contributed by atoms with Gasteiger partial charge in [0.1, 0.15) is 5.82 Å². The van der Waals surface area contributed by atoms with Crippen molar-refractivity contribution in [3.63, 3.8) is 0 Å². The number of carbonyl (C=O) groups excluding carboxylic acids is 2. The van der Waals surface area contributed by atoms with Gasteiger partial charge in [-0.05, 0) is 42.3 Å². The molecule has 2 aromatic carbocycles. The summed E-state index contributed by atoms with van der Waals surface area (Å²) in [7, 11) is 1.27. The highest BCUT2D eigenvalue weighted by Gasteiger charge is 2.24. The van der Waals surface area contributed by atoms with E-state index in [1.807, 2.05) is 0 Å². The Hall–Kier alpha value is -2.89. The zero-order valence-electron chi connectivity index (χ0n) is 12.7. The molecule has 0 fully saturated rings. The van der Waals surface area contributed by atoms with Crippen LogP contribution in [0.25, 0.3) is 0 Å². The van der Waals surface area contributed by atoms with E-state index in [2.05, 4.69) is 10.6 Å². The lowest BCUT2D eigenvalue weighted by molar-refractivity contribution is 0.0601. The van der Waals surface area contributed by atoms with Crippen LogP contribution < -0.4 is 10.6 Å². The summed E-state index contributed by atoms with van der Waals surface area (Å²) in [5.41, 5.74) is 2.77. The van der Waals surface area contributed by atoms with Crippen LogP contribution in [0, 0.1) is 12.7 Å². The molecule has 0 aliphatic carbocycles. The molecule has 6 heteroatoms. The largest absolute Gasteiger partial charge is 0.465 e. The van der Waals surface area contributed by atoms with Crippen LogP contribution in [0.15, 0.2) is 30.3 Å². The van der Waals surface area contributed by atoms with Gasteiger partial charge < -0.3 is 15.4 Å². The van der Waals surface area contributed by atoms with E-state index in [1.165, 1.54) is 13.2 Å². The van der Waals surface area contributed by atoms with Crippen molar-refractivity contribution in [1.29, 1.82) is 0 Å². The summed E-state index contributed by atoms with van der Waals surface area (Å²) < 4.78 is 18.8. The average Bonchev–Trinajstić information content (AvgIpc) is 2.89. The Morgan fingerprint density at radius 3 is 2.74 bits per heavy atom. The number of rotatable bonds is 3. The number of benzene rings is 2. The zero-order valence-corrected chi connectivity index (χ0v) is 12.7. The van der Waals surface area contributed by atoms with Gasteiger partial charge in [0.2, 0.25) is 0 Å². The van der Waals surface area contributed by atoms with Gasteiger partial charge in [0, 0.05) is 12.1 Å². The molecule has 1 amide bonds. The van der Waals surface area contributed by atoms with E-state index in [4.69, 9.17) is 4.74 Å². The molecule has 0 atom stereocenters. The Kier molecular flexibility index (Phi) is 3.73. The molecule has 2 N–H and O–H groups in total. The summed E-state index contributed by atoms with van der Waals surface area (Å²) in [5.74, 6) is -1.21. The number of halogens is 1. The Bertz CT molecular complexity index is 818. The van der Waals surface area contributed by atoms with Crippen molar-refractivity contribution in [1.82, 2.24) is 5.32 Å². The first-order chi connectivity index (χ1) is 11.0. The molecule has 1 aliphatic heterocycles. The molecule has 0 radical (unpaired) electrons. The Morgan fingerprint density at radius 2 is 2.04 bits per heavy atom. The second-order valence-corrected chi connectivity index (χ2v) is 5.34. The van der Waals surface area contributed by atoms with E-state index >= 15 is 0 Å². The molecule has 2 aromatic rings. The van der Waals surface area contributed by atoms with E-state index < -0.39 is 11.8 Å². The number of amides is 1. The zero-order chi connectivity index (χ0) is 16.6. The molecular weight excluding hydrogens is 299 g/mol. The van der Waals surface area contributed by atoms with Gasteiger partial charge in [0.05, 0.1) is 24.0 Å². The average molecular weight is 314 g/mol.